The summed E-state index contributed by atoms with van der Waals surface area (Å²) in [5.74, 6) is 0.246. The highest BCUT2D eigenvalue weighted by Gasteiger charge is 2.45. The lowest BCUT2D eigenvalue weighted by Crippen LogP contribution is -2.51. The van der Waals surface area contributed by atoms with Crippen LogP contribution in [0.15, 0.2) is 36.4 Å². The van der Waals surface area contributed by atoms with E-state index in [-0.39, 0.29) is 28.9 Å². The Morgan fingerprint density at radius 3 is 2.81 bits per heavy atom. The van der Waals surface area contributed by atoms with E-state index in [9.17, 15) is 18.3 Å². The summed E-state index contributed by atoms with van der Waals surface area (Å²) in [7, 11) is -3.61. The van der Waals surface area contributed by atoms with Crippen LogP contribution in [0, 0.1) is 11.8 Å². The fraction of sp³-hybridized carbons (Fsp3) is 0.594. The molecule has 1 unspecified atom stereocenters. The summed E-state index contributed by atoms with van der Waals surface area (Å²) in [6.07, 6.45) is 6.03. The van der Waals surface area contributed by atoms with E-state index in [4.69, 9.17) is 31.0 Å². The molecule has 2 aliphatic heterocycles. The standard InChI is InChI=1S/C32H41ClN2O7S/c1-20(17-43(34,38)39)42-25-10-12-40-30(15-25)26-7-4-23(26)16-35-18-32(11-2-3-21-13-24(33)6-8-27(21)32)19-41-29-9-5-22(31(36)37)14-28(29)35/h5-6,8-9,13-14,20,23,25-26,30H,2-4,7,10-12,15-19H2,1H3,(H,36,37)(H2,34,38,39)/t20?,23-,25+,26+,30-,32-/m0/s1. The van der Waals surface area contributed by atoms with E-state index >= 15 is 0 Å². The number of carboxylic acid groups (broad SMARTS) is 1. The van der Waals surface area contributed by atoms with Gasteiger partial charge in [-0.1, -0.05) is 17.7 Å². The predicted molar refractivity (Wildman–Crippen MR) is 165 cm³/mol. The van der Waals surface area contributed by atoms with Crippen LogP contribution in [0.2, 0.25) is 5.02 Å². The van der Waals surface area contributed by atoms with Crippen LogP contribution in [0.3, 0.4) is 0 Å². The smallest absolute Gasteiger partial charge is 0.335 e. The molecular formula is C32H41ClN2O7S. The Labute approximate surface area is 258 Å². The van der Waals surface area contributed by atoms with Crippen LogP contribution < -0.4 is 14.8 Å². The second-order valence-electron chi connectivity index (χ2n) is 12.9. The molecule has 6 rings (SSSR count). The number of hydrogen-bond donors (Lipinski definition) is 2. The van der Waals surface area contributed by atoms with Gasteiger partial charge in [0.25, 0.3) is 0 Å². The van der Waals surface area contributed by atoms with E-state index in [0.29, 0.717) is 30.8 Å². The van der Waals surface area contributed by atoms with E-state index in [0.717, 1.165) is 68.7 Å². The Kier molecular flexibility index (Phi) is 8.69. The summed E-state index contributed by atoms with van der Waals surface area (Å²) in [6, 6.07) is 11.4. The maximum absolute atomic E-state index is 12.0. The Bertz CT molecular complexity index is 1470. The van der Waals surface area contributed by atoms with Crippen molar-refractivity contribution in [2.45, 2.75) is 75.6 Å². The molecule has 2 heterocycles. The van der Waals surface area contributed by atoms with Crippen molar-refractivity contribution in [2.24, 2.45) is 17.0 Å². The van der Waals surface area contributed by atoms with Crippen molar-refractivity contribution in [3.05, 3.63) is 58.1 Å². The predicted octanol–water partition coefficient (Wildman–Crippen LogP) is 4.78. The monoisotopic (exact) mass is 632 g/mol. The van der Waals surface area contributed by atoms with Gasteiger partial charge in [0.05, 0.1) is 41.9 Å². The molecule has 43 heavy (non-hydrogen) atoms. The Morgan fingerprint density at radius 2 is 2.07 bits per heavy atom. The summed E-state index contributed by atoms with van der Waals surface area (Å²) in [6.45, 7) is 4.34. The molecule has 6 atom stereocenters. The van der Waals surface area contributed by atoms with Crippen LogP contribution in [-0.4, -0.2) is 69.9 Å². The van der Waals surface area contributed by atoms with Crippen molar-refractivity contribution in [1.82, 2.24) is 0 Å². The van der Waals surface area contributed by atoms with Gasteiger partial charge in [-0.2, -0.15) is 0 Å². The van der Waals surface area contributed by atoms with Gasteiger partial charge in [0.1, 0.15) is 5.75 Å². The highest BCUT2D eigenvalue weighted by molar-refractivity contribution is 7.89. The van der Waals surface area contributed by atoms with E-state index < -0.39 is 22.1 Å². The molecule has 2 aromatic rings. The first-order valence-electron chi connectivity index (χ1n) is 15.3. The zero-order valence-corrected chi connectivity index (χ0v) is 26.1. The molecule has 2 aliphatic carbocycles. The molecule has 11 heteroatoms. The van der Waals surface area contributed by atoms with Crippen LogP contribution in [0.5, 0.6) is 5.75 Å². The highest BCUT2D eigenvalue weighted by atomic mass is 35.5. The number of rotatable bonds is 8. The number of ether oxygens (including phenoxy) is 3. The lowest BCUT2D eigenvalue weighted by atomic mass is 9.67. The molecular weight excluding hydrogens is 592 g/mol. The van der Waals surface area contributed by atoms with Gasteiger partial charge in [-0.3, -0.25) is 0 Å². The molecule has 1 saturated heterocycles. The van der Waals surface area contributed by atoms with Crippen LogP contribution in [0.1, 0.15) is 66.9 Å². The minimum atomic E-state index is -3.61. The van der Waals surface area contributed by atoms with Gasteiger partial charge in [0.2, 0.25) is 10.0 Å². The van der Waals surface area contributed by atoms with Gasteiger partial charge >= 0.3 is 5.97 Å². The minimum Gasteiger partial charge on any atom is -0.490 e. The number of fused-ring (bicyclic) bond motifs is 3. The summed E-state index contributed by atoms with van der Waals surface area (Å²) in [5, 5.41) is 15.8. The SMILES string of the molecule is CC(CS(N)(=O)=O)O[C@@H]1CCO[C@H]([C@@H]2CC[C@H]2CN2C[C@@]3(CCCc4cc(Cl)ccc43)COc3ccc(C(=O)O)cc32)C1. The topological polar surface area (TPSA) is 128 Å². The molecule has 4 aliphatic rings. The molecule has 0 aromatic heterocycles. The lowest BCUT2D eigenvalue weighted by Gasteiger charge is -2.48. The van der Waals surface area contributed by atoms with Crippen molar-refractivity contribution in [1.29, 1.82) is 0 Å². The number of halogens is 1. The summed E-state index contributed by atoms with van der Waals surface area (Å²) in [4.78, 5) is 14.3. The Hall–Kier alpha value is -2.37. The van der Waals surface area contributed by atoms with Crippen molar-refractivity contribution >= 4 is 33.3 Å². The number of primary sulfonamides is 1. The second-order valence-corrected chi connectivity index (χ2v) is 15.0. The number of aryl methyl sites for hydroxylation is 1. The first kappa shape index (κ1) is 30.6. The van der Waals surface area contributed by atoms with Crippen molar-refractivity contribution in [2.75, 3.05) is 37.0 Å². The van der Waals surface area contributed by atoms with Crippen LogP contribution >= 0.6 is 11.6 Å². The van der Waals surface area contributed by atoms with Gasteiger partial charge in [0, 0.05) is 36.6 Å². The normalized spacial score (nSPS) is 29.5. The third kappa shape index (κ3) is 6.68. The summed E-state index contributed by atoms with van der Waals surface area (Å²) < 4.78 is 41.9. The number of nitrogens with zero attached hydrogens (tertiary/aromatic N) is 1. The molecule has 0 bridgehead atoms. The van der Waals surface area contributed by atoms with Gasteiger partial charge in [0.15, 0.2) is 0 Å². The first-order valence-corrected chi connectivity index (χ1v) is 17.4. The van der Waals surface area contributed by atoms with Crippen molar-refractivity contribution < 1.29 is 32.5 Å². The fourth-order valence-corrected chi connectivity index (χ4v) is 8.68. The summed E-state index contributed by atoms with van der Waals surface area (Å²) in [5.41, 5.74) is 3.37. The number of carbonyl (C=O) groups is 1. The number of anilines is 1. The molecule has 1 saturated carbocycles. The number of aromatic carboxylic acids is 1. The number of nitrogens with two attached hydrogens (primary N) is 1. The second kappa shape index (κ2) is 12.2. The molecule has 2 fully saturated rings. The average molecular weight is 633 g/mol. The van der Waals surface area contributed by atoms with E-state index in [1.54, 1.807) is 25.1 Å². The minimum absolute atomic E-state index is 0.0266. The van der Waals surface area contributed by atoms with E-state index in [1.807, 2.05) is 6.07 Å². The van der Waals surface area contributed by atoms with E-state index in [2.05, 4.69) is 17.0 Å². The molecule has 3 N–H and O–H groups in total. The number of hydrogen-bond acceptors (Lipinski definition) is 7. The van der Waals surface area contributed by atoms with E-state index in [1.165, 1.54) is 11.1 Å². The van der Waals surface area contributed by atoms with Crippen LogP contribution in [0.25, 0.3) is 0 Å². The maximum Gasteiger partial charge on any atom is 0.335 e. The fourth-order valence-electron chi connectivity index (χ4n) is 7.75. The molecule has 0 amide bonds. The molecule has 2 aromatic carbocycles. The van der Waals surface area contributed by atoms with Crippen molar-refractivity contribution in [3.8, 4) is 5.75 Å². The van der Waals surface area contributed by atoms with Gasteiger partial charge < -0.3 is 24.2 Å². The van der Waals surface area contributed by atoms with Gasteiger partial charge in [-0.15, -0.1) is 0 Å². The molecule has 234 valence electrons. The Morgan fingerprint density at radius 1 is 1.23 bits per heavy atom. The number of benzene rings is 2. The largest absolute Gasteiger partial charge is 0.490 e. The zero-order valence-electron chi connectivity index (χ0n) is 24.5. The third-order valence-electron chi connectivity index (χ3n) is 9.85. The summed E-state index contributed by atoms with van der Waals surface area (Å²) >= 11 is 6.39. The maximum atomic E-state index is 12.0. The first-order chi connectivity index (χ1) is 20.5. The highest BCUT2D eigenvalue weighted by Crippen LogP contribution is 2.47. The van der Waals surface area contributed by atoms with Crippen LogP contribution in [-0.2, 0) is 31.3 Å². The van der Waals surface area contributed by atoms with Crippen molar-refractivity contribution in [3.63, 3.8) is 0 Å². The van der Waals surface area contributed by atoms with Gasteiger partial charge in [-0.25, -0.2) is 18.4 Å². The number of sulfonamides is 1. The average Bonchev–Trinajstić information content (AvgIpc) is 3.07. The Balaban J connectivity index is 1.24. The quantitative estimate of drug-likeness (QED) is 0.426. The third-order valence-corrected chi connectivity index (χ3v) is 11.0. The molecule has 1 spiro atoms. The number of carboxylic acids is 1. The van der Waals surface area contributed by atoms with Gasteiger partial charge in [-0.05, 0) is 98.7 Å². The molecule has 0 radical (unpaired) electrons. The lowest BCUT2D eigenvalue weighted by molar-refractivity contribution is -0.126. The molecule has 9 nitrogen and oxygen atoms in total. The zero-order chi connectivity index (χ0) is 30.4. The van der Waals surface area contributed by atoms with Crippen LogP contribution in [0.4, 0.5) is 5.69 Å².